The lowest BCUT2D eigenvalue weighted by molar-refractivity contribution is -0.384. The number of carbonyl (C=O) groups is 3. The first-order valence-electron chi connectivity index (χ1n) is 13.4. The lowest BCUT2D eigenvalue weighted by Gasteiger charge is -2.30. The lowest BCUT2D eigenvalue weighted by Crippen LogP contribution is -2.38. The molecule has 0 unspecified atom stereocenters. The second-order valence-electron chi connectivity index (χ2n) is 10.2. The number of amides is 3. The molecule has 3 atom stereocenters. The topological polar surface area (TPSA) is 152 Å². The Balaban J connectivity index is 1.32. The Kier molecular flexibility index (Phi) is 7.49. The molecule has 3 amide bonds. The Labute approximate surface area is 247 Å². The van der Waals surface area contributed by atoms with E-state index in [1.807, 2.05) is 0 Å². The first-order chi connectivity index (χ1) is 20.3. The summed E-state index contributed by atoms with van der Waals surface area (Å²) in [5, 5.41) is 10.8. The Morgan fingerprint density at radius 1 is 1.05 bits per heavy atom. The molecule has 0 saturated carbocycles. The SMILES string of the molecule is COc1cc([C@@H]2c3sc(=O)[nH]c3S[C@H]3C(=O)N(c4ccc([N+](=O)[O-])cc4)C(=O)[C@@H]23)ccc1OCC(=O)N1CCCCC1. The summed E-state index contributed by atoms with van der Waals surface area (Å²) in [5.41, 5.74) is 0.718. The number of fused-ring (bicyclic) bond motifs is 2. The Morgan fingerprint density at radius 3 is 2.48 bits per heavy atom. The fourth-order valence-electron chi connectivity index (χ4n) is 5.73. The number of benzene rings is 2. The van der Waals surface area contributed by atoms with Crippen molar-refractivity contribution in [1.82, 2.24) is 9.88 Å². The molecule has 14 heteroatoms. The standard InChI is InChI=1S/C28H26N4O8S2/c1-39-19-13-15(5-10-18(19)40-14-20(33)30-11-3-2-4-12-30)21-22-24(41-25-23(21)42-28(36)29-25)27(35)31(26(22)34)16-6-8-17(9-7-16)32(37)38/h5-10,13,21-22,24H,2-4,11-12,14H2,1H3,(H,29,36)/t21-,22-,24+/m0/s1. The molecule has 2 aromatic carbocycles. The zero-order chi connectivity index (χ0) is 29.5. The largest absolute Gasteiger partial charge is 0.493 e. The first-order valence-corrected chi connectivity index (χ1v) is 15.1. The molecule has 42 heavy (non-hydrogen) atoms. The minimum atomic E-state index is -0.839. The number of nitrogens with zero attached hydrogens (tertiary/aromatic N) is 3. The second kappa shape index (κ2) is 11.2. The molecule has 0 bridgehead atoms. The average molecular weight is 611 g/mol. The number of ether oxygens (including phenoxy) is 2. The molecule has 0 spiro atoms. The summed E-state index contributed by atoms with van der Waals surface area (Å²) >= 11 is 2.12. The van der Waals surface area contributed by atoms with Crippen LogP contribution in [-0.4, -0.2) is 64.6 Å². The normalized spacial score (nSPS) is 21.6. The van der Waals surface area contributed by atoms with Crippen LogP contribution in [0.1, 0.15) is 35.6 Å². The van der Waals surface area contributed by atoms with Gasteiger partial charge in [-0.25, -0.2) is 4.90 Å². The van der Waals surface area contributed by atoms with Crippen molar-refractivity contribution in [1.29, 1.82) is 0 Å². The summed E-state index contributed by atoms with van der Waals surface area (Å²) in [6, 6.07) is 10.4. The van der Waals surface area contributed by atoms with Crippen molar-refractivity contribution in [3.8, 4) is 11.5 Å². The summed E-state index contributed by atoms with van der Waals surface area (Å²) in [6.07, 6.45) is 3.06. The molecule has 0 radical (unpaired) electrons. The number of imide groups is 1. The van der Waals surface area contributed by atoms with Gasteiger partial charge in [-0.3, -0.25) is 29.3 Å². The van der Waals surface area contributed by atoms with Crippen molar-refractivity contribution in [2.75, 3.05) is 31.7 Å². The minimum absolute atomic E-state index is 0.101. The number of hydrogen-bond donors (Lipinski definition) is 1. The number of carbonyl (C=O) groups excluding carboxylic acids is 3. The molecule has 2 saturated heterocycles. The number of aromatic nitrogens is 1. The van der Waals surface area contributed by atoms with Crippen molar-refractivity contribution < 1.29 is 28.8 Å². The third-order valence-corrected chi connectivity index (χ3v) is 10.2. The molecule has 218 valence electrons. The van der Waals surface area contributed by atoms with Crippen molar-refractivity contribution in [3.63, 3.8) is 0 Å². The maximum absolute atomic E-state index is 13.9. The smallest absolute Gasteiger partial charge is 0.305 e. The predicted molar refractivity (Wildman–Crippen MR) is 154 cm³/mol. The number of piperidine rings is 1. The van der Waals surface area contributed by atoms with E-state index in [1.54, 1.807) is 23.1 Å². The summed E-state index contributed by atoms with van der Waals surface area (Å²) in [5.74, 6) is -1.80. The molecule has 1 N–H and O–H groups in total. The van der Waals surface area contributed by atoms with Gasteiger partial charge in [-0.1, -0.05) is 29.2 Å². The molecular weight excluding hydrogens is 584 g/mol. The van der Waals surface area contributed by atoms with Gasteiger partial charge in [0.25, 0.3) is 11.6 Å². The number of H-pyrrole nitrogens is 1. The fraction of sp³-hybridized carbons (Fsp3) is 0.357. The van der Waals surface area contributed by atoms with Crippen LogP contribution in [-0.2, 0) is 14.4 Å². The van der Waals surface area contributed by atoms with Crippen molar-refractivity contribution >= 4 is 52.2 Å². The number of rotatable bonds is 7. The van der Waals surface area contributed by atoms with Crippen LogP contribution in [0.2, 0.25) is 0 Å². The predicted octanol–water partition coefficient (Wildman–Crippen LogP) is 3.54. The quantitative estimate of drug-likeness (QED) is 0.241. The Bertz CT molecular complexity index is 1630. The van der Waals surface area contributed by atoms with E-state index >= 15 is 0 Å². The number of nitro groups is 1. The second-order valence-corrected chi connectivity index (χ2v) is 12.3. The maximum Gasteiger partial charge on any atom is 0.305 e. The third-order valence-electron chi connectivity index (χ3n) is 7.75. The van der Waals surface area contributed by atoms with Crippen LogP contribution in [0.3, 0.4) is 0 Å². The van der Waals surface area contributed by atoms with E-state index in [-0.39, 0.29) is 28.8 Å². The number of thiazole rings is 1. The zero-order valence-corrected chi connectivity index (χ0v) is 24.1. The molecule has 4 heterocycles. The highest BCUT2D eigenvalue weighted by atomic mass is 32.2. The van der Waals surface area contributed by atoms with Crippen molar-refractivity contribution in [2.24, 2.45) is 5.92 Å². The van der Waals surface area contributed by atoms with Gasteiger partial charge < -0.3 is 19.4 Å². The van der Waals surface area contributed by atoms with E-state index in [9.17, 15) is 29.3 Å². The van der Waals surface area contributed by atoms with Crippen molar-refractivity contribution in [3.05, 3.63) is 72.7 Å². The first kappa shape index (κ1) is 28.0. The van der Waals surface area contributed by atoms with Gasteiger partial charge in [0, 0.05) is 36.0 Å². The highest BCUT2D eigenvalue weighted by Gasteiger charge is 2.56. The van der Waals surface area contributed by atoms with E-state index < -0.39 is 33.8 Å². The van der Waals surface area contributed by atoms with Crippen LogP contribution in [0.15, 0.2) is 52.3 Å². The number of aromatic amines is 1. The number of likely N-dealkylation sites (tertiary alicyclic amines) is 1. The number of nitro benzene ring substituents is 1. The van der Waals surface area contributed by atoms with Crippen LogP contribution in [0.4, 0.5) is 11.4 Å². The van der Waals surface area contributed by atoms with E-state index in [0.717, 1.165) is 47.3 Å². The number of anilines is 1. The van der Waals surface area contributed by atoms with Gasteiger partial charge in [-0.15, -0.1) is 0 Å². The molecule has 2 fully saturated rings. The van der Waals surface area contributed by atoms with Gasteiger partial charge in [0.2, 0.25) is 11.8 Å². The highest BCUT2D eigenvalue weighted by Crippen LogP contribution is 2.53. The van der Waals surface area contributed by atoms with Crippen LogP contribution in [0, 0.1) is 16.0 Å². The lowest BCUT2D eigenvalue weighted by atomic mass is 9.83. The number of non-ortho nitro benzene ring substituents is 1. The number of hydrogen-bond acceptors (Lipinski definition) is 10. The van der Waals surface area contributed by atoms with E-state index in [0.29, 0.717) is 40.1 Å². The molecule has 3 aliphatic rings. The summed E-state index contributed by atoms with van der Waals surface area (Å²) in [6.45, 7) is 1.29. The fourth-order valence-corrected chi connectivity index (χ4v) is 8.24. The van der Waals surface area contributed by atoms with E-state index in [2.05, 4.69) is 4.98 Å². The molecule has 1 aromatic heterocycles. The number of methoxy groups -OCH3 is 1. The minimum Gasteiger partial charge on any atom is -0.493 e. The van der Waals surface area contributed by atoms with Gasteiger partial charge in [0.1, 0.15) is 5.25 Å². The number of thioether (sulfide) groups is 1. The molecule has 3 aliphatic heterocycles. The number of nitrogens with one attached hydrogen (secondary N) is 1. The summed E-state index contributed by atoms with van der Waals surface area (Å²) < 4.78 is 11.4. The van der Waals surface area contributed by atoms with E-state index in [4.69, 9.17) is 9.47 Å². The van der Waals surface area contributed by atoms with Gasteiger partial charge in [0.05, 0.1) is 28.7 Å². The molecule has 6 rings (SSSR count). The van der Waals surface area contributed by atoms with Gasteiger partial charge in [-0.2, -0.15) is 0 Å². The molecular formula is C28H26N4O8S2. The van der Waals surface area contributed by atoms with Gasteiger partial charge in [0.15, 0.2) is 18.1 Å². The molecule has 12 nitrogen and oxygen atoms in total. The zero-order valence-electron chi connectivity index (χ0n) is 22.4. The Morgan fingerprint density at radius 2 is 1.79 bits per heavy atom. The Hall–Kier alpha value is -4.17. The summed E-state index contributed by atoms with van der Waals surface area (Å²) in [4.78, 5) is 69.0. The third kappa shape index (κ3) is 4.94. The summed E-state index contributed by atoms with van der Waals surface area (Å²) in [7, 11) is 1.47. The molecule has 3 aromatic rings. The highest BCUT2D eigenvalue weighted by molar-refractivity contribution is 8.00. The van der Waals surface area contributed by atoms with Crippen LogP contribution in [0.25, 0.3) is 0 Å². The van der Waals surface area contributed by atoms with Gasteiger partial charge >= 0.3 is 4.87 Å². The van der Waals surface area contributed by atoms with Crippen LogP contribution < -0.4 is 19.2 Å². The maximum atomic E-state index is 13.9. The average Bonchev–Trinajstić information content (AvgIpc) is 3.50. The van der Waals surface area contributed by atoms with Crippen molar-refractivity contribution in [2.45, 2.75) is 35.5 Å². The van der Waals surface area contributed by atoms with E-state index in [1.165, 1.54) is 31.4 Å². The van der Waals surface area contributed by atoms with Gasteiger partial charge in [-0.05, 0) is 49.1 Å². The monoisotopic (exact) mass is 610 g/mol. The van der Waals surface area contributed by atoms with Crippen LogP contribution >= 0.6 is 23.1 Å². The van der Waals surface area contributed by atoms with Crippen LogP contribution in [0.5, 0.6) is 11.5 Å². The molecule has 0 aliphatic carbocycles.